The van der Waals surface area contributed by atoms with Crippen LogP contribution < -0.4 is 10.6 Å². The largest absolute Gasteiger partial charge is 0.349 e. The first-order valence-corrected chi connectivity index (χ1v) is 12.6. The molecule has 3 rings (SSSR count). The van der Waals surface area contributed by atoms with Gasteiger partial charge in [0.25, 0.3) is 5.91 Å². The van der Waals surface area contributed by atoms with Gasteiger partial charge < -0.3 is 15.5 Å². The third-order valence-corrected chi connectivity index (χ3v) is 6.31. The Bertz CT molecular complexity index is 1130. The van der Waals surface area contributed by atoms with Crippen LogP contribution >= 0.6 is 22.9 Å². The summed E-state index contributed by atoms with van der Waals surface area (Å²) in [6.45, 7) is 5.76. The van der Waals surface area contributed by atoms with Crippen LogP contribution in [0, 0.1) is 0 Å². The zero-order valence-corrected chi connectivity index (χ0v) is 21.7. The van der Waals surface area contributed by atoms with Gasteiger partial charge in [0.1, 0.15) is 6.04 Å². The first-order chi connectivity index (χ1) is 16.6. The summed E-state index contributed by atoms with van der Waals surface area (Å²) in [4.78, 5) is 41.5. The number of nitrogens with one attached hydrogen (secondary N) is 2. The fraction of sp³-hybridized carbons (Fsp3) is 0.296. The lowest BCUT2D eigenvalue weighted by atomic mass is 10.0. The highest BCUT2D eigenvalue weighted by molar-refractivity contribution is 7.12. The Balaban J connectivity index is 1.88. The molecular formula is C27H30ClN3O3S. The molecule has 35 heavy (non-hydrogen) atoms. The summed E-state index contributed by atoms with van der Waals surface area (Å²) in [6, 6.07) is 19.2. The van der Waals surface area contributed by atoms with Gasteiger partial charge in [-0.15, -0.1) is 11.3 Å². The summed E-state index contributed by atoms with van der Waals surface area (Å²) in [7, 11) is 0. The molecule has 0 aliphatic rings. The molecular weight excluding hydrogens is 482 g/mol. The Morgan fingerprint density at radius 1 is 0.971 bits per heavy atom. The second-order valence-electron chi connectivity index (χ2n) is 9.18. The summed E-state index contributed by atoms with van der Waals surface area (Å²) >= 11 is 7.32. The van der Waals surface area contributed by atoms with E-state index in [9.17, 15) is 14.4 Å². The van der Waals surface area contributed by atoms with Gasteiger partial charge in [0, 0.05) is 17.1 Å². The van der Waals surface area contributed by atoms with Crippen LogP contribution in [0.3, 0.4) is 0 Å². The van der Waals surface area contributed by atoms with Crippen molar-refractivity contribution >= 4 is 40.7 Å². The summed E-state index contributed by atoms with van der Waals surface area (Å²) in [5.41, 5.74) is 1.20. The lowest BCUT2D eigenvalue weighted by Gasteiger charge is -2.34. The molecule has 0 spiro atoms. The maximum atomic E-state index is 13.5. The number of carbonyl (C=O) groups is 3. The number of amides is 3. The molecule has 184 valence electrons. The Morgan fingerprint density at radius 2 is 1.66 bits per heavy atom. The molecule has 0 aliphatic carbocycles. The number of thiophene rings is 1. The van der Waals surface area contributed by atoms with Crippen molar-refractivity contribution in [2.24, 2.45) is 0 Å². The number of hydrogen-bond donors (Lipinski definition) is 2. The van der Waals surface area contributed by atoms with Gasteiger partial charge >= 0.3 is 0 Å². The van der Waals surface area contributed by atoms with Gasteiger partial charge in [-0.3, -0.25) is 14.4 Å². The smallest absolute Gasteiger partial charge is 0.261 e. The summed E-state index contributed by atoms with van der Waals surface area (Å²) < 4.78 is 0. The number of benzene rings is 2. The van der Waals surface area contributed by atoms with E-state index in [1.54, 1.807) is 34.5 Å². The van der Waals surface area contributed by atoms with Crippen molar-refractivity contribution in [1.82, 2.24) is 15.5 Å². The molecule has 6 nitrogen and oxygen atoms in total. The highest BCUT2D eigenvalue weighted by Gasteiger charge is 2.33. The average molecular weight is 512 g/mol. The third-order valence-electron chi connectivity index (χ3n) is 5.19. The summed E-state index contributed by atoms with van der Waals surface area (Å²) in [6.07, 6.45) is 0.522. The molecule has 0 saturated heterocycles. The third kappa shape index (κ3) is 7.94. The maximum Gasteiger partial charge on any atom is 0.261 e. The van der Waals surface area contributed by atoms with E-state index in [-0.39, 0.29) is 30.8 Å². The topological polar surface area (TPSA) is 78.5 Å². The number of rotatable bonds is 9. The van der Waals surface area contributed by atoms with Crippen molar-refractivity contribution in [2.45, 2.75) is 38.8 Å². The summed E-state index contributed by atoms with van der Waals surface area (Å²) in [5.74, 6) is -0.944. The standard InChI is InChI=1S/C27H30ClN3O3S/c1-27(2,3)30-26(34)24(20-8-5-4-6-9-20)31(16-15-19-11-13-21(28)14-12-19)23(32)18-29-25(33)22-10-7-17-35-22/h4-14,17,24H,15-16,18H2,1-3H3,(H,29,33)(H,30,34). The Hall–Kier alpha value is -3.16. The van der Waals surface area contributed by atoms with Crippen molar-refractivity contribution in [2.75, 3.05) is 13.1 Å². The zero-order valence-electron chi connectivity index (χ0n) is 20.1. The average Bonchev–Trinajstić information content (AvgIpc) is 3.35. The van der Waals surface area contributed by atoms with Gasteiger partial charge in [0.05, 0.1) is 11.4 Å². The lowest BCUT2D eigenvalue weighted by Crippen LogP contribution is -2.51. The second kappa shape index (κ2) is 12.0. The minimum atomic E-state index is -0.853. The molecule has 8 heteroatoms. The molecule has 1 heterocycles. The van der Waals surface area contributed by atoms with E-state index in [4.69, 9.17) is 11.6 Å². The van der Waals surface area contributed by atoms with Gasteiger partial charge in [0.15, 0.2) is 0 Å². The van der Waals surface area contributed by atoms with E-state index in [1.807, 2.05) is 63.2 Å². The number of halogens is 1. The van der Waals surface area contributed by atoms with Crippen molar-refractivity contribution in [3.05, 3.63) is 93.1 Å². The van der Waals surface area contributed by atoms with E-state index in [2.05, 4.69) is 10.6 Å². The van der Waals surface area contributed by atoms with Gasteiger partial charge in [-0.05, 0) is 61.9 Å². The highest BCUT2D eigenvalue weighted by atomic mass is 35.5. The quantitative estimate of drug-likeness (QED) is 0.430. The molecule has 3 aromatic rings. The predicted octanol–water partition coefficient (Wildman–Crippen LogP) is 4.86. The van der Waals surface area contributed by atoms with Crippen LogP contribution in [0.15, 0.2) is 72.1 Å². The van der Waals surface area contributed by atoms with Gasteiger partial charge in [-0.1, -0.05) is 60.1 Å². The zero-order chi connectivity index (χ0) is 25.4. The highest BCUT2D eigenvalue weighted by Crippen LogP contribution is 2.23. The SMILES string of the molecule is CC(C)(C)NC(=O)C(c1ccccc1)N(CCc1ccc(Cl)cc1)C(=O)CNC(=O)c1cccs1. The molecule has 2 aromatic carbocycles. The molecule has 1 aromatic heterocycles. The molecule has 3 amide bonds. The summed E-state index contributed by atoms with van der Waals surface area (Å²) in [5, 5.41) is 8.14. The van der Waals surface area contributed by atoms with Crippen LogP contribution in [0.1, 0.15) is 47.6 Å². The van der Waals surface area contributed by atoms with E-state index in [0.717, 1.165) is 5.56 Å². The van der Waals surface area contributed by atoms with Crippen LogP contribution in [-0.2, 0) is 16.0 Å². The fourth-order valence-corrected chi connectivity index (χ4v) is 4.36. The van der Waals surface area contributed by atoms with E-state index in [1.165, 1.54) is 11.3 Å². The Labute approximate surface area is 215 Å². The molecule has 2 N–H and O–H groups in total. The van der Waals surface area contributed by atoms with Gasteiger partial charge in [-0.2, -0.15) is 0 Å². The first-order valence-electron chi connectivity index (χ1n) is 11.4. The molecule has 0 bridgehead atoms. The van der Waals surface area contributed by atoms with E-state index in [0.29, 0.717) is 21.9 Å². The number of nitrogens with zero attached hydrogens (tertiary/aromatic N) is 1. The molecule has 0 radical (unpaired) electrons. The lowest BCUT2D eigenvalue weighted by molar-refractivity contribution is -0.140. The minimum Gasteiger partial charge on any atom is -0.349 e. The van der Waals surface area contributed by atoms with Crippen LogP contribution in [0.2, 0.25) is 5.02 Å². The van der Waals surface area contributed by atoms with E-state index >= 15 is 0 Å². The van der Waals surface area contributed by atoms with Crippen molar-refractivity contribution in [1.29, 1.82) is 0 Å². The predicted molar refractivity (Wildman–Crippen MR) is 141 cm³/mol. The molecule has 1 unspecified atom stereocenters. The molecule has 0 aliphatic heterocycles. The van der Waals surface area contributed by atoms with E-state index < -0.39 is 11.6 Å². The fourth-order valence-electron chi connectivity index (χ4n) is 3.60. The number of carbonyl (C=O) groups excluding carboxylic acids is 3. The van der Waals surface area contributed by atoms with Crippen LogP contribution in [0.5, 0.6) is 0 Å². The van der Waals surface area contributed by atoms with Gasteiger partial charge in [0.2, 0.25) is 11.8 Å². The molecule has 0 saturated carbocycles. The van der Waals surface area contributed by atoms with Crippen LogP contribution in [0.25, 0.3) is 0 Å². The Kier molecular flexibility index (Phi) is 9.07. The normalized spacial score (nSPS) is 12.0. The minimum absolute atomic E-state index is 0.219. The van der Waals surface area contributed by atoms with Crippen molar-refractivity contribution < 1.29 is 14.4 Å². The maximum absolute atomic E-state index is 13.5. The molecule has 1 atom stereocenters. The Morgan fingerprint density at radius 3 is 2.26 bits per heavy atom. The van der Waals surface area contributed by atoms with Gasteiger partial charge in [-0.25, -0.2) is 0 Å². The van der Waals surface area contributed by atoms with Crippen molar-refractivity contribution in [3.63, 3.8) is 0 Å². The first kappa shape index (κ1) is 26.4. The second-order valence-corrected chi connectivity index (χ2v) is 10.6. The molecule has 0 fully saturated rings. The van der Waals surface area contributed by atoms with Crippen LogP contribution in [-0.4, -0.2) is 41.2 Å². The van der Waals surface area contributed by atoms with Crippen LogP contribution in [0.4, 0.5) is 0 Å². The number of hydrogen-bond acceptors (Lipinski definition) is 4. The monoisotopic (exact) mass is 511 g/mol. The van der Waals surface area contributed by atoms with Crippen molar-refractivity contribution in [3.8, 4) is 0 Å².